The summed E-state index contributed by atoms with van der Waals surface area (Å²) in [5, 5.41) is 7.82. The molecule has 43 heavy (non-hydrogen) atoms. The van der Waals surface area contributed by atoms with Crippen LogP contribution in [0.25, 0.3) is 5.70 Å². The number of nitrogens with one attached hydrogen (secondary N) is 2. The maximum Gasteiger partial charge on any atom is 0.269 e. The fourth-order valence-electron chi connectivity index (χ4n) is 4.95. The molecule has 0 radical (unpaired) electrons. The standard InChI is InChI=1S/C33H36N6O2S2/c1-6-34-26-18-17-25(35-28(40)21-37(3)4)19-27(26)36-33-39(20-23-13-9-7-10-14-23)31(41)30(43-33)32-38(5)29(22(2)42-32)24-15-11-8-12-16-24/h7-19,34H,6,20-21H2,1-5H3,(H,35,40). The van der Waals surface area contributed by atoms with E-state index in [1.807, 2.05) is 99.7 Å². The number of rotatable bonds is 9. The van der Waals surface area contributed by atoms with Gasteiger partial charge < -0.3 is 20.4 Å². The van der Waals surface area contributed by atoms with E-state index in [0.717, 1.165) is 32.4 Å². The second kappa shape index (κ2) is 13.5. The van der Waals surface area contributed by atoms with Gasteiger partial charge in [-0.05, 0) is 69.0 Å². The number of aliphatic imine (C=N–C) groups is 1. The van der Waals surface area contributed by atoms with E-state index in [1.165, 1.54) is 11.8 Å². The summed E-state index contributed by atoms with van der Waals surface area (Å²) >= 11 is 3.01. The summed E-state index contributed by atoms with van der Waals surface area (Å²) in [5.74, 6) is -0.189. The lowest BCUT2D eigenvalue weighted by molar-refractivity contribution is -0.122. The first-order chi connectivity index (χ1) is 20.7. The summed E-state index contributed by atoms with van der Waals surface area (Å²) < 4.78 is 0. The number of thioether (sulfide) groups is 2. The molecule has 0 aliphatic carbocycles. The molecule has 0 aromatic heterocycles. The van der Waals surface area contributed by atoms with Gasteiger partial charge in [0.15, 0.2) is 5.17 Å². The molecule has 0 atom stereocenters. The summed E-state index contributed by atoms with van der Waals surface area (Å²) in [7, 11) is 5.72. The Morgan fingerprint density at radius 3 is 2.35 bits per heavy atom. The molecule has 222 valence electrons. The summed E-state index contributed by atoms with van der Waals surface area (Å²) in [4.78, 5) is 39.2. The van der Waals surface area contributed by atoms with Crippen molar-refractivity contribution in [3.63, 3.8) is 0 Å². The smallest absolute Gasteiger partial charge is 0.269 e. The molecule has 2 heterocycles. The van der Waals surface area contributed by atoms with Crippen molar-refractivity contribution in [2.45, 2.75) is 20.4 Å². The monoisotopic (exact) mass is 612 g/mol. The Morgan fingerprint density at radius 2 is 1.67 bits per heavy atom. The van der Waals surface area contributed by atoms with Crippen molar-refractivity contribution >= 4 is 63.3 Å². The fourth-order valence-corrected chi connectivity index (χ4v) is 7.25. The van der Waals surface area contributed by atoms with Crippen molar-refractivity contribution in [1.82, 2.24) is 14.7 Å². The first-order valence-electron chi connectivity index (χ1n) is 14.1. The van der Waals surface area contributed by atoms with Crippen molar-refractivity contribution in [2.24, 2.45) is 4.99 Å². The van der Waals surface area contributed by atoms with E-state index in [4.69, 9.17) is 4.99 Å². The van der Waals surface area contributed by atoms with Gasteiger partial charge in [0.25, 0.3) is 5.91 Å². The van der Waals surface area contributed by atoms with Crippen molar-refractivity contribution in [3.8, 4) is 0 Å². The van der Waals surface area contributed by atoms with Gasteiger partial charge in [0.1, 0.15) is 4.91 Å². The number of carbonyl (C=O) groups excluding carboxylic acids is 2. The SMILES string of the molecule is CCNc1ccc(NC(=O)CN(C)C)cc1N=C1SC(=C2SC(C)=C(c3ccccc3)N2C)C(=O)N1Cc1ccccc1. The van der Waals surface area contributed by atoms with E-state index in [0.29, 0.717) is 34.5 Å². The molecular formula is C33H36N6O2S2. The highest BCUT2D eigenvalue weighted by Gasteiger charge is 2.39. The maximum absolute atomic E-state index is 14.1. The second-order valence-corrected chi connectivity index (χ2v) is 12.7. The van der Waals surface area contributed by atoms with Crippen LogP contribution in [0.5, 0.6) is 0 Å². The molecule has 2 aliphatic heterocycles. The molecule has 0 spiro atoms. The van der Waals surface area contributed by atoms with Gasteiger partial charge in [0.05, 0.1) is 35.2 Å². The van der Waals surface area contributed by atoms with Crippen LogP contribution in [0.2, 0.25) is 0 Å². The number of amidine groups is 1. The molecule has 1 saturated heterocycles. The zero-order valence-electron chi connectivity index (χ0n) is 25.0. The topological polar surface area (TPSA) is 80.3 Å². The van der Waals surface area contributed by atoms with E-state index in [1.54, 1.807) is 16.7 Å². The van der Waals surface area contributed by atoms with Crippen LogP contribution in [0.15, 0.2) is 98.7 Å². The summed E-state index contributed by atoms with van der Waals surface area (Å²) in [6, 6.07) is 25.8. The maximum atomic E-state index is 14.1. The Balaban J connectivity index is 1.54. The average Bonchev–Trinajstić information content (AvgIpc) is 3.44. The lowest BCUT2D eigenvalue weighted by Gasteiger charge is -2.19. The minimum Gasteiger partial charge on any atom is -0.384 e. The number of benzene rings is 3. The van der Waals surface area contributed by atoms with Crippen LogP contribution in [0.4, 0.5) is 17.1 Å². The Morgan fingerprint density at radius 1 is 0.977 bits per heavy atom. The van der Waals surface area contributed by atoms with Gasteiger partial charge in [0.2, 0.25) is 5.91 Å². The number of anilines is 2. The van der Waals surface area contributed by atoms with Crippen molar-refractivity contribution in [1.29, 1.82) is 0 Å². The van der Waals surface area contributed by atoms with Crippen LogP contribution in [-0.2, 0) is 16.1 Å². The van der Waals surface area contributed by atoms with Crippen molar-refractivity contribution in [2.75, 3.05) is 44.9 Å². The third-order valence-corrected chi connectivity index (χ3v) is 9.20. The molecule has 5 rings (SSSR count). The van der Waals surface area contributed by atoms with Crippen molar-refractivity contribution in [3.05, 3.63) is 105 Å². The van der Waals surface area contributed by atoms with Gasteiger partial charge in [0, 0.05) is 24.2 Å². The van der Waals surface area contributed by atoms with E-state index < -0.39 is 0 Å². The van der Waals surface area contributed by atoms with E-state index in [-0.39, 0.29) is 18.4 Å². The van der Waals surface area contributed by atoms with Gasteiger partial charge in [-0.25, -0.2) is 4.99 Å². The van der Waals surface area contributed by atoms with E-state index in [2.05, 4.69) is 34.6 Å². The van der Waals surface area contributed by atoms with Gasteiger partial charge >= 0.3 is 0 Å². The number of allylic oxidation sites excluding steroid dienone is 1. The quantitative estimate of drug-likeness (QED) is 0.263. The molecule has 3 aromatic carbocycles. The lowest BCUT2D eigenvalue weighted by Crippen LogP contribution is -2.29. The molecule has 2 aliphatic rings. The normalized spacial score (nSPS) is 17.9. The van der Waals surface area contributed by atoms with Crippen LogP contribution >= 0.6 is 23.5 Å². The number of likely N-dealkylation sites (N-methyl/N-ethyl adjacent to an activating group) is 1. The Bertz CT molecular complexity index is 1600. The molecule has 10 heteroatoms. The predicted molar refractivity (Wildman–Crippen MR) is 181 cm³/mol. The van der Waals surface area contributed by atoms with Gasteiger partial charge in [-0.3, -0.25) is 14.5 Å². The summed E-state index contributed by atoms with van der Waals surface area (Å²) in [5.41, 5.74) is 5.34. The van der Waals surface area contributed by atoms with Crippen LogP contribution in [0.3, 0.4) is 0 Å². The van der Waals surface area contributed by atoms with Gasteiger partial charge in [-0.15, -0.1) is 0 Å². The van der Waals surface area contributed by atoms with Crippen LogP contribution < -0.4 is 10.6 Å². The molecule has 0 unspecified atom stereocenters. The highest BCUT2D eigenvalue weighted by atomic mass is 32.2. The number of nitrogens with zero attached hydrogens (tertiary/aromatic N) is 4. The minimum atomic E-state index is -0.110. The Kier molecular flexibility index (Phi) is 9.59. The molecule has 2 N–H and O–H groups in total. The zero-order chi connectivity index (χ0) is 30.5. The molecule has 0 bridgehead atoms. The largest absolute Gasteiger partial charge is 0.384 e. The predicted octanol–water partition coefficient (Wildman–Crippen LogP) is 6.62. The molecule has 1 fully saturated rings. The summed E-state index contributed by atoms with van der Waals surface area (Å²) in [6.07, 6.45) is 0. The van der Waals surface area contributed by atoms with Gasteiger partial charge in [-0.2, -0.15) is 0 Å². The van der Waals surface area contributed by atoms with Crippen molar-refractivity contribution < 1.29 is 9.59 Å². The van der Waals surface area contributed by atoms with Crippen LogP contribution in [0, 0.1) is 0 Å². The molecule has 2 amide bonds. The average molecular weight is 613 g/mol. The number of hydrogen-bond acceptors (Lipinski definition) is 8. The number of hydrogen-bond donors (Lipinski definition) is 2. The molecule has 0 saturated carbocycles. The van der Waals surface area contributed by atoms with Gasteiger partial charge in [-0.1, -0.05) is 72.4 Å². The Labute approximate surface area is 261 Å². The second-order valence-electron chi connectivity index (χ2n) is 10.5. The van der Waals surface area contributed by atoms with E-state index >= 15 is 0 Å². The molecular weight excluding hydrogens is 577 g/mol. The first kappa shape index (κ1) is 30.5. The Hall–Kier alpha value is -3.99. The van der Waals surface area contributed by atoms with E-state index in [9.17, 15) is 9.59 Å². The van der Waals surface area contributed by atoms with Crippen LogP contribution in [-0.4, -0.2) is 65.9 Å². The number of amides is 2. The number of carbonyl (C=O) groups is 2. The summed E-state index contributed by atoms with van der Waals surface area (Å²) in [6.45, 7) is 5.48. The van der Waals surface area contributed by atoms with Crippen LogP contribution in [0.1, 0.15) is 25.0 Å². The highest BCUT2D eigenvalue weighted by molar-refractivity contribution is 8.19. The third-order valence-electron chi connectivity index (χ3n) is 6.84. The lowest BCUT2D eigenvalue weighted by atomic mass is 10.1. The highest BCUT2D eigenvalue weighted by Crippen LogP contribution is 2.50. The minimum absolute atomic E-state index is 0.0792. The fraction of sp³-hybridized carbons (Fsp3) is 0.242. The molecule has 8 nitrogen and oxygen atoms in total. The first-order valence-corrected chi connectivity index (χ1v) is 15.8. The molecule has 3 aromatic rings. The third kappa shape index (κ3) is 6.98. The zero-order valence-corrected chi connectivity index (χ0v) is 26.7.